The Hall–Kier alpha value is -1.95. The summed E-state index contributed by atoms with van der Waals surface area (Å²) in [6, 6.07) is 12.3. The number of aromatic nitrogens is 1. The molecule has 166 valence electrons. The largest absolute Gasteiger partial charge is 0.369 e. The molecule has 31 heavy (non-hydrogen) atoms. The van der Waals surface area contributed by atoms with Crippen LogP contribution in [0.1, 0.15) is 41.3 Å². The summed E-state index contributed by atoms with van der Waals surface area (Å²) in [6.07, 6.45) is 6.78. The molecule has 3 heterocycles. The summed E-state index contributed by atoms with van der Waals surface area (Å²) >= 11 is 0. The normalized spacial score (nSPS) is 24.8. The van der Waals surface area contributed by atoms with Crippen molar-refractivity contribution >= 4 is 5.69 Å². The molecule has 5 heteroatoms. The van der Waals surface area contributed by atoms with Crippen molar-refractivity contribution in [3.63, 3.8) is 0 Å². The van der Waals surface area contributed by atoms with E-state index in [1.165, 1.54) is 41.8 Å². The van der Waals surface area contributed by atoms with Gasteiger partial charge in [-0.1, -0.05) is 18.2 Å². The fraction of sp³-hybridized carbons (Fsp3) is 0.577. The average Bonchev–Trinajstić information content (AvgIpc) is 2.79. The number of aryl methyl sites for hydroxylation is 1. The number of hydrogen-bond acceptors (Lipinski definition) is 5. The molecule has 0 radical (unpaired) electrons. The lowest BCUT2D eigenvalue weighted by molar-refractivity contribution is 0.126. The molecule has 2 aliphatic heterocycles. The van der Waals surface area contributed by atoms with Gasteiger partial charge in [-0.05, 0) is 75.6 Å². The van der Waals surface area contributed by atoms with E-state index in [0.29, 0.717) is 12.1 Å². The lowest BCUT2D eigenvalue weighted by atomic mass is 9.89. The van der Waals surface area contributed by atoms with Crippen LogP contribution in [0.2, 0.25) is 0 Å². The highest BCUT2D eigenvalue weighted by atomic mass is 15.3. The molecule has 1 saturated heterocycles. The molecule has 0 saturated carbocycles. The van der Waals surface area contributed by atoms with E-state index >= 15 is 0 Å². The van der Waals surface area contributed by atoms with Gasteiger partial charge in [0.2, 0.25) is 0 Å². The number of piperazine rings is 1. The van der Waals surface area contributed by atoms with Crippen LogP contribution in [0.5, 0.6) is 0 Å². The summed E-state index contributed by atoms with van der Waals surface area (Å²) in [4.78, 5) is 15.0. The molecule has 2 atom stereocenters. The Bertz CT molecular complexity index is 904. The van der Waals surface area contributed by atoms with Crippen LogP contribution in [0, 0.1) is 0 Å². The molecule has 0 N–H and O–H groups in total. The van der Waals surface area contributed by atoms with E-state index in [1.807, 2.05) is 6.20 Å². The second-order valence-electron chi connectivity index (χ2n) is 9.87. The second-order valence-corrected chi connectivity index (χ2v) is 9.87. The minimum Gasteiger partial charge on any atom is -0.369 e. The molecule has 1 aromatic carbocycles. The predicted octanol–water partition coefficient (Wildman–Crippen LogP) is 3.20. The minimum atomic E-state index is 0.452. The highest BCUT2D eigenvalue weighted by Crippen LogP contribution is 2.35. The van der Waals surface area contributed by atoms with Crippen molar-refractivity contribution in [1.82, 2.24) is 19.7 Å². The molecule has 5 nitrogen and oxygen atoms in total. The highest BCUT2D eigenvalue weighted by molar-refractivity contribution is 5.58. The van der Waals surface area contributed by atoms with Crippen molar-refractivity contribution in [2.45, 2.75) is 44.3 Å². The van der Waals surface area contributed by atoms with E-state index in [-0.39, 0.29) is 0 Å². The van der Waals surface area contributed by atoms with Crippen molar-refractivity contribution in [3.05, 3.63) is 58.9 Å². The molecule has 2 aromatic rings. The molecule has 0 unspecified atom stereocenters. The summed E-state index contributed by atoms with van der Waals surface area (Å²) in [5.74, 6) is 0. The van der Waals surface area contributed by atoms with Crippen LogP contribution in [0.25, 0.3) is 0 Å². The molecule has 0 bridgehead atoms. The maximum atomic E-state index is 4.79. The number of likely N-dealkylation sites (N-methyl/N-ethyl adjacent to an activating group) is 3. The van der Waals surface area contributed by atoms with E-state index in [1.54, 1.807) is 5.56 Å². The lowest BCUT2D eigenvalue weighted by Crippen LogP contribution is -2.48. The summed E-state index contributed by atoms with van der Waals surface area (Å²) in [5, 5.41) is 0. The monoisotopic (exact) mass is 419 g/mol. The smallest absolute Gasteiger partial charge is 0.0607 e. The van der Waals surface area contributed by atoms with E-state index in [0.717, 1.165) is 45.7 Å². The van der Waals surface area contributed by atoms with E-state index in [2.05, 4.69) is 71.1 Å². The molecule has 3 aliphatic rings. The molecule has 0 spiro atoms. The first-order valence-electron chi connectivity index (χ1n) is 12.0. The Kier molecular flexibility index (Phi) is 6.00. The van der Waals surface area contributed by atoms with Gasteiger partial charge >= 0.3 is 0 Å². The molecule has 1 aromatic heterocycles. The van der Waals surface area contributed by atoms with Gasteiger partial charge in [0.05, 0.1) is 11.7 Å². The third kappa shape index (κ3) is 4.23. The van der Waals surface area contributed by atoms with Gasteiger partial charge in [0.15, 0.2) is 0 Å². The van der Waals surface area contributed by atoms with Gasteiger partial charge in [-0.25, -0.2) is 0 Å². The fourth-order valence-electron chi connectivity index (χ4n) is 5.82. The number of pyridine rings is 1. The first kappa shape index (κ1) is 20.9. The maximum Gasteiger partial charge on any atom is 0.0607 e. The van der Waals surface area contributed by atoms with Gasteiger partial charge in [-0.15, -0.1) is 0 Å². The number of rotatable bonds is 4. The number of anilines is 1. The van der Waals surface area contributed by atoms with E-state index in [9.17, 15) is 0 Å². The van der Waals surface area contributed by atoms with Gasteiger partial charge in [-0.3, -0.25) is 14.8 Å². The first-order chi connectivity index (χ1) is 15.1. The van der Waals surface area contributed by atoms with Gasteiger partial charge < -0.3 is 9.80 Å². The SMILES string of the molecule is CN1CCN(c2cccc3c2C[C@@H](CN(C)[C@H]2CCCc4cccnc42)N(C)C3)CC1. The Balaban J connectivity index is 1.34. The van der Waals surface area contributed by atoms with Crippen LogP contribution in [0.15, 0.2) is 36.5 Å². The quantitative estimate of drug-likeness (QED) is 0.758. The van der Waals surface area contributed by atoms with Crippen molar-refractivity contribution in [1.29, 1.82) is 0 Å². The number of benzene rings is 1. The van der Waals surface area contributed by atoms with Crippen molar-refractivity contribution in [2.24, 2.45) is 0 Å². The third-order valence-corrected chi connectivity index (χ3v) is 7.77. The first-order valence-corrected chi connectivity index (χ1v) is 12.0. The number of fused-ring (bicyclic) bond motifs is 2. The second kappa shape index (κ2) is 8.89. The Morgan fingerprint density at radius 2 is 1.84 bits per heavy atom. The Labute approximate surface area is 187 Å². The summed E-state index contributed by atoms with van der Waals surface area (Å²) in [5.41, 5.74) is 7.35. The van der Waals surface area contributed by atoms with Gasteiger partial charge in [0.25, 0.3) is 0 Å². The number of nitrogens with zero attached hydrogens (tertiary/aromatic N) is 5. The lowest BCUT2D eigenvalue weighted by Gasteiger charge is -2.42. The standard InChI is InChI=1S/C26H37N5/c1-28-13-15-31(16-14-28)24-10-5-8-21-18-29(2)22(17-23(21)24)19-30(3)25-11-4-7-20-9-6-12-27-26(20)25/h5-6,8-10,12,22,25H,4,7,11,13-19H2,1-3H3/t22-,25-/m0/s1. The van der Waals surface area contributed by atoms with Crippen LogP contribution in [0.4, 0.5) is 5.69 Å². The van der Waals surface area contributed by atoms with Crippen LogP contribution in [0.3, 0.4) is 0 Å². The maximum absolute atomic E-state index is 4.79. The zero-order valence-electron chi connectivity index (χ0n) is 19.4. The Morgan fingerprint density at radius 1 is 1.03 bits per heavy atom. The van der Waals surface area contributed by atoms with Crippen molar-refractivity contribution < 1.29 is 0 Å². The molecular weight excluding hydrogens is 382 g/mol. The predicted molar refractivity (Wildman–Crippen MR) is 128 cm³/mol. The van der Waals surface area contributed by atoms with E-state index < -0.39 is 0 Å². The fourth-order valence-corrected chi connectivity index (χ4v) is 5.82. The number of hydrogen-bond donors (Lipinski definition) is 0. The van der Waals surface area contributed by atoms with Gasteiger partial charge in [0.1, 0.15) is 0 Å². The zero-order chi connectivity index (χ0) is 21.4. The average molecular weight is 420 g/mol. The summed E-state index contributed by atoms with van der Waals surface area (Å²) < 4.78 is 0. The molecule has 0 amide bonds. The van der Waals surface area contributed by atoms with E-state index in [4.69, 9.17) is 4.98 Å². The van der Waals surface area contributed by atoms with Crippen molar-refractivity contribution in [2.75, 3.05) is 58.8 Å². The molecule has 1 aliphatic carbocycles. The van der Waals surface area contributed by atoms with Crippen molar-refractivity contribution in [3.8, 4) is 0 Å². The summed E-state index contributed by atoms with van der Waals surface area (Å²) in [6.45, 7) is 6.73. The Morgan fingerprint density at radius 3 is 2.68 bits per heavy atom. The topological polar surface area (TPSA) is 25.9 Å². The van der Waals surface area contributed by atoms with Crippen LogP contribution >= 0.6 is 0 Å². The van der Waals surface area contributed by atoms with Gasteiger partial charge in [-0.2, -0.15) is 0 Å². The molecular formula is C26H37N5. The zero-order valence-corrected chi connectivity index (χ0v) is 19.4. The van der Waals surface area contributed by atoms with Crippen LogP contribution < -0.4 is 4.90 Å². The molecule has 5 rings (SSSR count). The van der Waals surface area contributed by atoms with Gasteiger partial charge in [0, 0.05) is 57.2 Å². The minimum absolute atomic E-state index is 0.452. The third-order valence-electron chi connectivity index (χ3n) is 7.77. The highest BCUT2D eigenvalue weighted by Gasteiger charge is 2.31. The van der Waals surface area contributed by atoms with Crippen LogP contribution in [-0.2, 0) is 19.4 Å². The molecule has 1 fully saturated rings. The summed E-state index contributed by atoms with van der Waals surface area (Å²) in [7, 11) is 6.85. The van der Waals surface area contributed by atoms with Crippen LogP contribution in [-0.4, -0.2) is 79.6 Å².